The molecule has 0 unspecified atom stereocenters. The second kappa shape index (κ2) is 9.70. The van der Waals surface area contributed by atoms with Crippen LogP contribution in [0.15, 0.2) is 24.5 Å². The molecule has 3 N–H and O–H groups in total. The number of ether oxygens (including phenoxy) is 2. The summed E-state index contributed by atoms with van der Waals surface area (Å²) in [5.74, 6) is 2.07. The smallest absolute Gasteiger partial charge is 0.231 e. The Morgan fingerprint density at radius 1 is 1.16 bits per heavy atom. The summed E-state index contributed by atoms with van der Waals surface area (Å²) < 4.78 is 11.1. The van der Waals surface area contributed by atoms with Crippen molar-refractivity contribution in [3.05, 3.63) is 30.1 Å². The number of fused-ring (bicyclic) bond motifs is 1. The highest BCUT2D eigenvalue weighted by Crippen LogP contribution is 2.30. The molecule has 0 atom stereocenters. The van der Waals surface area contributed by atoms with Crippen molar-refractivity contribution in [2.24, 2.45) is 0 Å². The number of benzene rings is 1. The van der Waals surface area contributed by atoms with Gasteiger partial charge in [-0.05, 0) is 30.5 Å². The second-order valence-electron chi connectivity index (χ2n) is 8.52. The van der Waals surface area contributed by atoms with Crippen LogP contribution in [-0.4, -0.2) is 64.3 Å². The fourth-order valence-corrected chi connectivity index (χ4v) is 4.51. The molecule has 1 aromatic carbocycles. The maximum Gasteiger partial charge on any atom is 0.231 e. The molecule has 0 radical (unpaired) electrons. The van der Waals surface area contributed by atoms with E-state index in [2.05, 4.69) is 42.6 Å². The monoisotopic (exact) mass is 437 g/mol. The Morgan fingerprint density at radius 2 is 2.00 bits per heavy atom. The van der Waals surface area contributed by atoms with Gasteiger partial charge in [0, 0.05) is 25.7 Å². The molecular formula is C23H31N7O2. The first-order chi connectivity index (χ1) is 15.8. The van der Waals surface area contributed by atoms with Gasteiger partial charge in [0.05, 0.1) is 32.3 Å². The van der Waals surface area contributed by atoms with E-state index in [-0.39, 0.29) is 0 Å². The average molecular weight is 438 g/mol. The van der Waals surface area contributed by atoms with E-state index >= 15 is 0 Å². The quantitative estimate of drug-likeness (QED) is 0.515. The first-order valence-corrected chi connectivity index (χ1v) is 11.5. The lowest BCUT2D eigenvalue weighted by Gasteiger charge is -2.26. The van der Waals surface area contributed by atoms with Crippen LogP contribution in [0.4, 0.5) is 17.5 Å². The normalized spacial score (nSPS) is 18.0. The van der Waals surface area contributed by atoms with E-state index < -0.39 is 0 Å². The molecule has 5 rings (SSSR count). The van der Waals surface area contributed by atoms with Crippen molar-refractivity contribution in [1.29, 1.82) is 0 Å². The fraction of sp³-hybridized carbons (Fsp3) is 0.522. The summed E-state index contributed by atoms with van der Waals surface area (Å²) in [7, 11) is 1.69. The van der Waals surface area contributed by atoms with Gasteiger partial charge in [-0.3, -0.25) is 4.90 Å². The summed E-state index contributed by atoms with van der Waals surface area (Å²) in [6.07, 6.45) is 7.83. The standard InChI is InChI=1S/C23H31N7O2/c1-31-19-13-16(14-30-9-11-32-12-10-30)7-8-18(19)27-23-28-21-20(24-15-25-21)22(29-23)26-17-5-3-2-4-6-17/h7-8,13,15,17H,2-6,9-12,14H2,1H3,(H3,24,25,26,27,28,29). The average Bonchev–Trinajstić information content (AvgIpc) is 3.30. The van der Waals surface area contributed by atoms with Crippen LogP contribution < -0.4 is 15.4 Å². The first kappa shape index (κ1) is 21.0. The van der Waals surface area contributed by atoms with Crippen LogP contribution in [0.1, 0.15) is 37.7 Å². The van der Waals surface area contributed by atoms with E-state index in [1.54, 1.807) is 13.4 Å². The van der Waals surface area contributed by atoms with Gasteiger partial charge in [0.25, 0.3) is 0 Å². The minimum absolute atomic E-state index is 0.437. The summed E-state index contributed by atoms with van der Waals surface area (Å²) in [5, 5.41) is 6.95. The lowest BCUT2D eigenvalue weighted by atomic mass is 9.95. The Morgan fingerprint density at radius 3 is 2.81 bits per heavy atom. The number of imidazole rings is 1. The van der Waals surface area contributed by atoms with Crippen LogP contribution in [0.5, 0.6) is 5.75 Å². The molecule has 0 bridgehead atoms. The molecule has 3 heterocycles. The van der Waals surface area contributed by atoms with Gasteiger partial charge in [0.1, 0.15) is 11.3 Å². The summed E-state index contributed by atoms with van der Waals surface area (Å²) >= 11 is 0. The Labute approximate surface area is 187 Å². The summed E-state index contributed by atoms with van der Waals surface area (Å²) in [6, 6.07) is 6.66. The number of hydrogen-bond acceptors (Lipinski definition) is 8. The molecule has 1 saturated heterocycles. The van der Waals surface area contributed by atoms with Crippen LogP contribution >= 0.6 is 0 Å². The Balaban J connectivity index is 1.36. The molecule has 2 fully saturated rings. The zero-order valence-electron chi connectivity index (χ0n) is 18.6. The largest absolute Gasteiger partial charge is 0.495 e. The summed E-state index contributed by atoms with van der Waals surface area (Å²) in [6.45, 7) is 4.38. The molecule has 1 aliphatic heterocycles. The van der Waals surface area contributed by atoms with E-state index in [4.69, 9.17) is 14.5 Å². The van der Waals surface area contributed by atoms with Crippen LogP contribution in [0.3, 0.4) is 0 Å². The maximum atomic E-state index is 5.67. The number of rotatable bonds is 7. The minimum atomic E-state index is 0.437. The van der Waals surface area contributed by atoms with Gasteiger partial charge in [-0.15, -0.1) is 0 Å². The van der Waals surface area contributed by atoms with E-state index in [1.807, 2.05) is 6.07 Å². The number of H-pyrrole nitrogens is 1. The molecule has 1 aliphatic carbocycles. The SMILES string of the molecule is COc1cc(CN2CCOCC2)ccc1Nc1nc(NC2CCCCC2)c2[nH]cnc2n1. The van der Waals surface area contributed by atoms with Crippen molar-refractivity contribution >= 4 is 28.6 Å². The van der Waals surface area contributed by atoms with Crippen molar-refractivity contribution in [3.63, 3.8) is 0 Å². The predicted octanol–water partition coefficient (Wildman–Crippen LogP) is 3.68. The van der Waals surface area contributed by atoms with E-state index in [0.717, 1.165) is 55.6 Å². The van der Waals surface area contributed by atoms with Crippen molar-refractivity contribution in [2.45, 2.75) is 44.7 Å². The van der Waals surface area contributed by atoms with Gasteiger partial charge in [-0.2, -0.15) is 9.97 Å². The highest BCUT2D eigenvalue weighted by molar-refractivity contribution is 5.84. The van der Waals surface area contributed by atoms with Crippen LogP contribution in [0, 0.1) is 0 Å². The van der Waals surface area contributed by atoms with Crippen molar-refractivity contribution in [1.82, 2.24) is 24.8 Å². The number of aromatic nitrogens is 4. The van der Waals surface area contributed by atoms with Crippen LogP contribution in [-0.2, 0) is 11.3 Å². The zero-order chi connectivity index (χ0) is 21.8. The van der Waals surface area contributed by atoms with Crippen molar-refractivity contribution in [3.8, 4) is 5.75 Å². The van der Waals surface area contributed by atoms with Gasteiger partial charge in [0.2, 0.25) is 5.95 Å². The second-order valence-corrected chi connectivity index (χ2v) is 8.52. The highest BCUT2D eigenvalue weighted by atomic mass is 16.5. The van der Waals surface area contributed by atoms with Crippen molar-refractivity contribution < 1.29 is 9.47 Å². The molecule has 170 valence electrons. The number of aromatic amines is 1. The lowest BCUT2D eigenvalue weighted by Crippen LogP contribution is -2.35. The van der Waals surface area contributed by atoms with Crippen LogP contribution in [0.25, 0.3) is 11.2 Å². The van der Waals surface area contributed by atoms with Gasteiger partial charge in [-0.25, -0.2) is 4.98 Å². The maximum absolute atomic E-state index is 5.67. The van der Waals surface area contributed by atoms with Gasteiger partial charge in [0.15, 0.2) is 11.5 Å². The number of methoxy groups -OCH3 is 1. The molecule has 32 heavy (non-hydrogen) atoms. The third-order valence-corrected chi connectivity index (χ3v) is 6.25. The minimum Gasteiger partial charge on any atom is -0.495 e. The Bertz CT molecular complexity index is 1040. The molecule has 2 aromatic heterocycles. The highest BCUT2D eigenvalue weighted by Gasteiger charge is 2.18. The third kappa shape index (κ3) is 4.78. The molecule has 0 amide bonds. The predicted molar refractivity (Wildman–Crippen MR) is 125 cm³/mol. The number of hydrogen-bond donors (Lipinski definition) is 3. The summed E-state index contributed by atoms with van der Waals surface area (Å²) in [4.78, 5) is 19.3. The Hall–Kier alpha value is -2.91. The molecule has 9 nitrogen and oxygen atoms in total. The van der Waals surface area contributed by atoms with E-state index in [9.17, 15) is 0 Å². The first-order valence-electron chi connectivity index (χ1n) is 11.5. The number of anilines is 3. The van der Waals surface area contributed by atoms with Gasteiger partial charge < -0.3 is 25.1 Å². The topological polar surface area (TPSA) is 100 Å². The van der Waals surface area contributed by atoms with E-state index in [0.29, 0.717) is 17.6 Å². The van der Waals surface area contributed by atoms with Gasteiger partial charge in [-0.1, -0.05) is 25.3 Å². The zero-order valence-corrected chi connectivity index (χ0v) is 18.6. The molecule has 3 aromatic rings. The lowest BCUT2D eigenvalue weighted by molar-refractivity contribution is 0.0342. The Kier molecular flexibility index (Phi) is 6.36. The fourth-order valence-electron chi connectivity index (χ4n) is 4.51. The number of nitrogens with zero attached hydrogens (tertiary/aromatic N) is 4. The number of morpholine rings is 1. The third-order valence-electron chi connectivity index (χ3n) is 6.25. The molecule has 1 saturated carbocycles. The van der Waals surface area contributed by atoms with Gasteiger partial charge >= 0.3 is 0 Å². The van der Waals surface area contributed by atoms with E-state index in [1.165, 1.54) is 37.7 Å². The molecule has 2 aliphatic rings. The molecule has 9 heteroatoms. The molecular weight excluding hydrogens is 406 g/mol. The van der Waals surface area contributed by atoms with Crippen LogP contribution in [0.2, 0.25) is 0 Å². The van der Waals surface area contributed by atoms with Crippen molar-refractivity contribution in [2.75, 3.05) is 44.0 Å². The summed E-state index contributed by atoms with van der Waals surface area (Å²) in [5.41, 5.74) is 3.52. The number of nitrogens with one attached hydrogen (secondary N) is 3. The molecule has 0 spiro atoms.